The molecule has 0 N–H and O–H groups in total. The van der Waals surface area contributed by atoms with E-state index in [0.717, 1.165) is 40.7 Å². The summed E-state index contributed by atoms with van der Waals surface area (Å²) < 4.78 is 33.9. The van der Waals surface area contributed by atoms with Crippen LogP contribution in [-0.2, 0) is 19.6 Å². The fourth-order valence-electron chi connectivity index (χ4n) is 4.93. The molecule has 0 radical (unpaired) electrons. The lowest BCUT2D eigenvalue weighted by Crippen LogP contribution is -2.36. The number of allylic oxidation sites excluding steroid dienone is 1. The minimum Gasteiger partial charge on any atom is -0.454 e. The largest absolute Gasteiger partial charge is 0.454 e. The Morgan fingerprint density at radius 1 is 1.13 bits per heavy atom. The molecule has 0 aromatic heterocycles. The average Bonchev–Trinajstić information content (AvgIpc) is 3.09. The van der Waals surface area contributed by atoms with Gasteiger partial charge in [-0.15, -0.1) is 0 Å². The minimum absolute atomic E-state index is 0.264. The van der Waals surface area contributed by atoms with Gasteiger partial charge < -0.3 is 4.74 Å². The highest BCUT2D eigenvalue weighted by Gasteiger charge is 2.46. The summed E-state index contributed by atoms with van der Waals surface area (Å²) in [5.41, 5.74) is 5.36. The van der Waals surface area contributed by atoms with Gasteiger partial charge in [-0.3, -0.25) is 0 Å². The zero-order valence-electron chi connectivity index (χ0n) is 18.3. The molecule has 1 atom stereocenters. The molecule has 30 heavy (non-hydrogen) atoms. The van der Waals surface area contributed by atoms with E-state index < -0.39 is 10.0 Å². The van der Waals surface area contributed by atoms with Crippen LogP contribution in [0.15, 0.2) is 63.1 Å². The Morgan fingerprint density at radius 3 is 2.43 bits per heavy atom. The van der Waals surface area contributed by atoms with Gasteiger partial charge in [0.05, 0.1) is 4.90 Å². The number of fused-ring (bicyclic) bond motifs is 2. The molecule has 1 aliphatic carbocycles. The van der Waals surface area contributed by atoms with Gasteiger partial charge in [0.25, 0.3) is 0 Å². The van der Waals surface area contributed by atoms with Crippen molar-refractivity contribution in [1.82, 2.24) is 4.31 Å². The third kappa shape index (κ3) is 3.26. The van der Waals surface area contributed by atoms with Crippen LogP contribution in [-0.4, -0.2) is 37.9 Å². The second-order valence-corrected chi connectivity index (χ2v) is 11.0. The molecule has 2 heterocycles. The van der Waals surface area contributed by atoms with E-state index in [2.05, 4.69) is 26.8 Å². The normalized spacial score (nSPS) is 23.8. The number of rotatable bonds is 4. The van der Waals surface area contributed by atoms with Crippen LogP contribution in [0.4, 0.5) is 0 Å². The zero-order chi connectivity index (χ0) is 21.8. The molecule has 0 saturated carbocycles. The van der Waals surface area contributed by atoms with Crippen LogP contribution in [0.5, 0.6) is 0 Å². The maximum absolute atomic E-state index is 13.3. The van der Waals surface area contributed by atoms with Crippen molar-refractivity contribution in [2.45, 2.75) is 58.5 Å². The van der Waals surface area contributed by atoms with Crippen molar-refractivity contribution < 1.29 is 17.9 Å². The van der Waals surface area contributed by atoms with Gasteiger partial charge in [0.15, 0.2) is 0 Å². The Morgan fingerprint density at radius 2 is 1.80 bits per heavy atom. The summed E-state index contributed by atoms with van der Waals surface area (Å²) in [4.78, 5) is 12.8. The van der Waals surface area contributed by atoms with Gasteiger partial charge in [-0.1, -0.05) is 51.0 Å². The first-order chi connectivity index (χ1) is 14.1. The van der Waals surface area contributed by atoms with Crippen LogP contribution in [0, 0.1) is 12.3 Å². The van der Waals surface area contributed by atoms with Crippen LogP contribution in [0.2, 0.25) is 0 Å². The summed E-state index contributed by atoms with van der Waals surface area (Å²) in [6.07, 6.45) is 3.43. The number of esters is 1. The molecular weight excluding hydrogens is 398 g/mol. The third-order valence-electron chi connectivity index (χ3n) is 6.30. The predicted molar refractivity (Wildman–Crippen MR) is 116 cm³/mol. The lowest BCUT2D eigenvalue weighted by molar-refractivity contribution is -0.144. The molecule has 0 amide bonds. The maximum atomic E-state index is 13.3. The first-order valence-electron chi connectivity index (χ1n) is 10.5. The van der Waals surface area contributed by atoms with Gasteiger partial charge in [-0.25, -0.2) is 13.2 Å². The van der Waals surface area contributed by atoms with Gasteiger partial charge in [-0.2, -0.15) is 4.31 Å². The molecular formula is C24H29NO4S. The summed E-state index contributed by atoms with van der Waals surface area (Å²) in [6.45, 7) is 10.7. The predicted octanol–water partition coefficient (Wildman–Crippen LogP) is 4.30. The first-order valence-corrected chi connectivity index (χ1v) is 11.9. The number of cyclic esters (lactones) is 1. The van der Waals surface area contributed by atoms with Crippen molar-refractivity contribution in [3.8, 4) is 0 Å². The number of hydrogen-bond acceptors (Lipinski definition) is 4. The number of carbonyl (C=O) groups excluding carboxylic acids is 1. The molecule has 160 valence electrons. The molecule has 0 spiro atoms. The van der Waals surface area contributed by atoms with E-state index in [1.54, 1.807) is 16.4 Å². The lowest BCUT2D eigenvalue weighted by atomic mass is 9.68. The van der Waals surface area contributed by atoms with Crippen LogP contribution in [0.3, 0.4) is 0 Å². The van der Waals surface area contributed by atoms with Crippen molar-refractivity contribution in [1.29, 1.82) is 0 Å². The van der Waals surface area contributed by atoms with E-state index in [4.69, 9.17) is 4.74 Å². The molecule has 1 aromatic carbocycles. The van der Waals surface area contributed by atoms with Gasteiger partial charge in [0.2, 0.25) is 10.0 Å². The Kier molecular flexibility index (Phi) is 5.06. The third-order valence-corrected chi connectivity index (χ3v) is 8.11. The van der Waals surface area contributed by atoms with Gasteiger partial charge >= 0.3 is 5.97 Å². The van der Waals surface area contributed by atoms with Crippen LogP contribution >= 0.6 is 0 Å². The fraction of sp³-hybridized carbons (Fsp3) is 0.458. The SMILES string of the molecule is CCC[C@@H]1OC(=O)C(C)=C2C1=C1CN(S(=O)(=O)c3ccc(C)cc3)CC1=CC2(C)C. The quantitative estimate of drug-likeness (QED) is 0.672. The smallest absolute Gasteiger partial charge is 0.334 e. The summed E-state index contributed by atoms with van der Waals surface area (Å²) >= 11 is 0. The molecule has 5 nitrogen and oxygen atoms in total. The molecule has 2 aliphatic heterocycles. The second-order valence-electron chi connectivity index (χ2n) is 9.05. The van der Waals surface area contributed by atoms with E-state index in [-0.39, 0.29) is 17.5 Å². The summed E-state index contributed by atoms with van der Waals surface area (Å²) in [5, 5.41) is 0. The van der Waals surface area contributed by atoms with Crippen molar-refractivity contribution in [2.75, 3.05) is 13.1 Å². The Hall–Kier alpha value is -2.18. The topological polar surface area (TPSA) is 63.7 Å². The Bertz CT molecular complexity index is 1100. The van der Waals surface area contributed by atoms with Crippen LogP contribution < -0.4 is 0 Å². The molecule has 1 aromatic rings. The van der Waals surface area contributed by atoms with Crippen molar-refractivity contribution >= 4 is 16.0 Å². The molecule has 0 bridgehead atoms. The highest BCUT2D eigenvalue weighted by Crippen LogP contribution is 2.50. The minimum atomic E-state index is -3.61. The standard InChI is InChI=1S/C24H29NO4S/c1-6-7-20-21-19-14-25(30(27,28)18-10-8-15(2)9-11-18)13-17(19)12-24(4,5)22(21)16(3)23(26)29-20/h8-12,20H,6-7,13-14H2,1-5H3/t20-/m0/s1. The van der Waals surface area contributed by atoms with Gasteiger partial charge in [0.1, 0.15) is 6.10 Å². The number of aryl methyl sites for hydroxylation is 1. The molecule has 4 rings (SSSR count). The molecule has 0 unspecified atom stereocenters. The lowest BCUT2D eigenvalue weighted by Gasteiger charge is -2.40. The van der Waals surface area contributed by atoms with E-state index in [0.29, 0.717) is 23.6 Å². The number of carbonyl (C=O) groups is 1. The Balaban J connectivity index is 1.83. The summed E-state index contributed by atoms with van der Waals surface area (Å²) in [6, 6.07) is 6.98. The van der Waals surface area contributed by atoms with E-state index in [1.165, 1.54) is 0 Å². The van der Waals surface area contributed by atoms with Gasteiger partial charge in [-0.05, 0) is 49.1 Å². The monoisotopic (exact) mass is 427 g/mol. The van der Waals surface area contributed by atoms with Crippen LogP contribution in [0.1, 0.15) is 46.1 Å². The van der Waals surface area contributed by atoms with E-state index >= 15 is 0 Å². The first kappa shape index (κ1) is 21.1. The number of sulfonamides is 1. The number of hydrogen-bond donors (Lipinski definition) is 0. The summed E-state index contributed by atoms with van der Waals surface area (Å²) in [7, 11) is -3.61. The van der Waals surface area contributed by atoms with E-state index in [1.807, 2.05) is 26.0 Å². The molecule has 6 heteroatoms. The fourth-order valence-corrected chi connectivity index (χ4v) is 6.32. The Labute approximate surface area is 179 Å². The zero-order valence-corrected chi connectivity index (χ0v) is 19.1. The number of ether oxygens (including phenoxy) is 1. The molecule has 1 saturated heterocycles. The van der Waals surface area contributed by atoms with Crippen molar-refractivity contribution in [2.24, 2.45) is 5.41 Å². The molecule has 1 fully saturated rings. The summed E-state index contributed by atoms with van der Waals surface area (Å²) in [5.74, 6) is -0.264. The van der Waals surface area contributed by atoms with Gasteiger partial charge in [0, 0.05) is 29.7 Å². The average molecular weight is 428 g/mol. The van der Waals surface area contributed by atoms with E-state index in [9.17, 15) is 13.2 Å². The highest BCUT2D eigenvalue weighted by molar-refractivity contribution is 7.89. The maximum Gasteiger partial charge on any atom is 0.334 e. The van der Waals surface area contributed by atoms with Crippen LogP contribution in [0.25, 0.3) is 0 Å². The molecule has 3 aliphatic rings. The second kappa shape index (κ2) is 7.20. The number of nitrogens with zero attached hydrogens (tertiary/aromatic N) is 1. The van der Waals surface area contributed by atoms with Crippen molar-refractivity contribution in [3.05, 3.63) is 63.8 Å². The number of benzene rings is 1. The van der Waals surface area contributed by atoms with Crippen molar-refractivity contribution in [3.63, 3.8) is 0 Å². The highest BCUT2D eigenvalue weighted by atomic mass is 32.2.